The van der Waals surface area contributed by atoms with E-state index in [1.54, 1.807) is 12.1 Å². The standard InChI is InChI=1S/C12H16N2O2/c1-12(4-5-12)7-14-8-2-3-10(13)9(6-8)11(15)16/h2-3,6,14H,4-5,7,13H2,1H3,(H,15,16). The first-order chi connectivity index (χ1) is 7.50. The highest BCUT2D eigenvalue weighted by atomic mass is 16.4. The first-order valence-corrected chi connectivity index (χ1v) is 5.37. The molecular formula is C12H16N2O2. The molecule has 0 heterocycles. The summed E-state index contributed by atoms with van der Waals surface area (Å²) in [5.41, 5.74) is 7.25. The van der Waals surface area contributed by atoms with Gasteiger partial charge in [-0.25, -0.2) is 4.79 Å². The average molecular weight is 220 g/mol. The van der Waals surface area contributed by atoms with E-state index >= 15 is 0 Å². The van der Waals surface area contributed by atoms with Gasteiger partial charge in [0, 0.05) is 17.9 Å². The summed E-state index contributed by atoms with van der Waals surface area (Å²) in [6, 6.07) is 5.03. The Kier molecular flexibility index (Phi) is 2.50. The highest BCUT2D eigenvalue weighted by molar-refractivity contribution is 5.94. The van der Waals surface area contributed by atoms with Crippen LogP contribution in [-0.2, 0) is 0 Å². The molecule has 0 bridgehead atoms. The Balaban J connectivity index is 2.09. The maximum Gasteiger partial charge on any atom is 0.337 e. The number of carboxylic acids is 1. The number of anilines is 2. The predicted molar refractivity (Wildman–Crippen MR) is 63.6 cm³/mol. The van der Waals surface area contributed by atoms with Crippen molar-refractivity contribution in [3.05, 3.63) is 23.8 Å². The summed E-state index contributed by atoms with van der Waals surface area (Å²) in [5, 5.41) is 12.2. The quantitative estimate of drug-likeness (QED) is 0.680. The zero-order valence-electron chi connectivity index (χ0n) is 9.29. The molecule has 4 nitrogen and oxygen atoms in total. The number of rotatable bonds is 4. The van der Waals surface area contributed by atoms with E-state index in [-0.39, 0.29) is 5.56 Å². The van der Waals surface area contributed by atoms with Crippen LogP contribution in [0.2, 0.25) is 0 Å². The van der Waals surface area contributed by atoms with E-state index in [0.29, 0.717) is 11.1 Å². The van der Waals surface area contributed by atoms with Crippen LogP contribution < -0.4 is 11.1 Å². The number of benzene rings is 1. The van der Waals surface area contributed by atoms with Crippen LogP contribution in [-0.4, -0.2) is 17.6 Å². The van der Waals surface area contributed by atoms with Gasteiger partial charge < -0.3 is 16.2 Å². The fourth-order valence-corrected chi connectivity index (χ4v) is 1.56. The van der Waals surface area contributed by atoms with Crippen molar-refractivity contribution in [1.82, 2.24) is 0 Å². The van der Waals surface area contributed by atoms with E-state index in [1.165, 1.54) is 12.8 Å². The monoisotopic (exact) mass is 220 g/mol. The fourth-order valence-electron chi connectivity index (χ4n) is 1.56. The van der Waals surface area contributed by atoms with Gasteiger partial charge in [0.25, 0.3) is 0 Å². The lowest BCUT2D eigenvalue weighted by molar-refractivity contribution is 0.0698. The first kappa shape index (κ1) is 10.8. The van der Waals surface area contributed by atoms with Crippen molar-refractivity contribution in [2.75, 3.05) is 17.6 Å². The molecule has 1 aliphatic rings. The second-order valence-electron chi connectivity index (χ2n) is 4.77. The summed E-state index contributed by atoms with van der Waals surface area (Å²) >= 11 is 0. The fraction of sp³-hybridized carbons (Fsp3) is 0.417. The van der Waals surface area contributed by atoms with Gasteiger partial charge in [-0.1, -0.05) is 6.92 Å². The van der Waals surface area contributed by atoms with Crippen molar-refractivity contribution in [3.8, 4) is 0 Å². The van der Waals surface area contributed by atoms with E-state index in [9.17, 15) is 4.79 Å². The van der Waals surface area contributed by atoms with Gasteiger partial charge in [-0.15, -0.1) is 0 Å². The van der Waals surface area contributed by atoms with Gasteiger partial charge in [-0.05, 0) is 36.5 Å². The van der Waals surface area contributed by atoms with Gasteiger partial charge in [0.1, 0.15) is 0 Å². The van der Waals surface area contributed by atoms with E-state index in [4.69, 9.17) is 10.8 Å². The molecule has 0 aromatic heterocycles. The Hall–Kier alpha value is -1.71. The van der Waals surface area contributed by atoms with Crippen LogP contribution in [0, 0.1) is 5.41 Å². The Bertz CT molecular complexity index is 425. The van der Waals surface area contributed by atoms with Gasteiger partial charge >= 0.3 is 5.97 Å². The highest BCUT2D eigenvalue weighted by Crippen LogP contribution is 2.44. The molecule has 0 spiro atoms. The third kappa shape index (κ3) is 2.27. The molecule has 0 unspecified atom stereocenters. The second kappa shape index (κ2) is 3.70. The van der Waals surface area contributed by atoms with Crippen molar-refractivity contribution >= 4 is 17.3 Å². The summed E-state index contributed by atoms with van der Waals surface area (Å²) in [6.07, 6.45) is 2.47. The Morgan fingerprint density at radius 3 is 2.81 bits per heavy atom. The van der Waals surface area contributed by atoms with Gasteiger partial charge in [-0.3, -0.25) is 0 Å². The van der Waals surface area contributed by atoms with Crippen molar-refractivity contribution in [3.63, 3.8) is 0 Å². The lowest BCUT2D eigenvalue weighted by Gasteiger charge is -2.12. The molecule has 0 atom stereocenters. The van der Waals surface area contributed by atoms with E-state index in [0.717, 1.165) is 12.2 Å². The van der Waals surface area contributed by atoms with Crippen LogP contribution in [0.25, 0.3) is 0 Å². The van der Waals surface area contributed by atoms with Crippen LogP contribution in [0.3, 0.4) is 0 Å². The lowest BCUT2D eigenvalue weighted by Crippen LogP contribution is -2.12. The molecule has 1 aromatic carbocycles. The normalized spacial score (nSPS) is 16.8. The molecule has 0 aliphatic heterocycles. The molecule has 4 heteroatoms. The van der Waals surface area contributed by atoms with Crippen LogP contribution in [0.4, 0.5) is 11.4 Å². The maximum absolute atomic E-state index is 10.9. The van der Waals surface area contributed by atoms with Gasteiger partial charge in [0.15, 0.2) is 0 Å². The molecule has 2 rings (SSSR count). The SMILES string of the molecule is CC1(CNc2ccc(N)c(C(=O)O)c2)CC1. The topological polar surface area (TPSA) is 75.3 Å². The average Bonchev–Trinajstić information content (AvgIpc) is 2.96. The molecule has 1 fully saturated rings. The van der Waals surface area contributed by atoms with Gasteiger partial charge in [0.2, 0.25) is 0 Å². The van der Waals surface area contributed by atoms with Crippen molar-refractivity contribution < 1.29 is 9.90 Å². The number of nitrogens with two attached hydrogens (primary N) is 1. The number of carboxylic acid groups (broad SMARTS) is 1. The predicted octanol–water partition coefficient (Wildman–Crippen LogP) is 2.18. The van der Waals surface area contributed by atoms with Crippen LogP contribution in [0.15, 0.2) is 18.2 Å². The molecule has 86 valence electrons. The number of hydrogen-bond donors (Lipinski definition) is 3. The molecule has 0 amide bonds. The smallest absolute Gasteiger partial charge is 0.337 e. The van der Waals surface area contributed by atoms with Crippen molar-refractivity contribution in [2.24, 2.45) is 5.41 Å². The minimum absolute atomic E-state index is 0.158. The van der Waals surface area contributed by atoms with Gasteiger partial charge in [-0.2, -0.15) is 0 Å². The third-order valence-electron chi connectivity index (χ3n) is 3.11. The van der Waals surface area contributed by atoms with Crippen LogP contribution in [0.1, 0.15) is 30.1 Å². The molecule has 16 heavy (non-hydrogen) atoms. The zero-order chi connectivity index (χ0) is 11.8. The van der Waals surface area contributed by atoms with E-state index in [2.05, 4.69) is 12.2 Å². The largest absolute Gasteiger partial charge is 0.478 e. The molecule has 1 aromatic rings. The minimum Gasteiger partial charge on any atom is -0.478 e. The number of nitrogens with one attached hydrogen (secondary N) is 1. The molecule has 4 N–H and O–H groups in total. The van der Waals surface area contributed by atoms with Crippen LogP contribution in [0.5, 0.6) is 0 Å². The summed E-state index contributed by atoms with van der Waals surface area (Å²) in [7, 11) is 0. The van der Waals surface area contributed by atoms with Crippen molar-refractivity contribution in [1.29, 1.82) is 0 Å². The lowest BCUT2D eigenvalue weighted by atomic mass is 10.1. The number of hydrogen-bond acceptors (Lipinski definition) is 3. The summed E-state index contributed by atoms with van der Waals surface area (Å²) in [4.78, 5) is 10.9. The first-order valence-electron chi connectivity index (χ1n) is 5.37. The number of carbonyl (C=O) groups is 1. The summed E-state index contributed by atoms with van der Waals surface area (Å²) < 4.78 is 0. The maximum atomic E-state index is 10.9. The van der Waals surface area contributed by atoms with E-state index < -0.39 is 5.97 Å². The molecule has 1 saturated carbocycles. The van der Waals surface area contributed by atoms with Crippen molar-refractivity contribution in [2.45, 2.75) is 19.8 Å². The van der Waals surface area contributed by atoms with Crippen LogP contribution >= 0.6 is 0 Å². The third-order valence-corrected chi connectivity index (χ3v) is 3.11. The zero-order valence-corrected chi connectivity index (χ0v) is 9.29. The Morgan fingerprint density at radius 1 is 1.56 bits per heavy atom. The molecule has 0 saturated heterocycles. The summed E-state index contributed by atoms with van der Waals surface area (Å²) in [6.45, 7) is 3.10. The summed E-state index contributed by atoms with van der Waals surface area (Å²) in [5.74, 6) is -0.987. The molecular weight excluding hydrogens is 204 g/mol. The Labute approximate surface area is 94.5 Å². The highest BCUT2D eigenvalue weighted by Gasteiger charge is 2.36. The number of aromatic carboxylic acids is 1. The van der Waals surface area contributed by atoms with Gasteiger partial charge in [0.05, 0.1) is 5.56 Å². The molecule has 0 radical (unpaired) electrons. The van der Waals surface area contributed by atoms with E-state index in [1.807, 2.05) is 6.07 Å². The number of nitrogen functional groups attached to an aromatic ring is 1. The molecule has 1 aliphatic carbocycles. The second-order valence-corrected chi connectivity index (χ2v) is 4.77. The Morgan fingerprint density at radius 2 is 2.25 bits per heavy atom. The minimum atomic E-state index is -0.987.